The average molecular weight is 261 g/mol. The SMILES string of the molecule is CNc1cc(NCc2ncn(C)n2)nc(C(C)C)n1. The van der Waals surface area contributed by atoms with Crippen molar-refractivity contribution in [2.75, 3.05) is 17.7 Å². The van der Waals surface area contributed by atoms with Crippen LogP contribution in [0, 0.1) is 0 Å². The Morgan fingerprint density at radius 1 is 1.26 bits per heavy atom. The maximum Gasteiger partial charge on any atom is 0.169 e. The lowest BCUT2D eigenvalue weighted by molar-refractivity contribution is 0.745. The Morgan fingerprint density at radius 3 is 2.58 bits per heavy atom. The van der Waals surface area contributed by atoms with Gasteiger partial charge in [0, 0.05) is 26.1 Å². The lowest BCUT2D eigenvalue weighted by Crippen LogP contribution is -2.08. The van der Waals surface area contributed by atoms with E-state index in [1.165, 1.54) is 0 Å². The fraction of sp³-hybridized carbons (Fsp3) is 0.500. The van der Waals surface area contributed by atoms with E-state index in [1.54, 1.807) is 11.0 Å². The topological polar surface area (TPSA) is 80.5 Å². The largest absolute Gasteiger partial charge is 0.373 e. The van der Waals surface area contributed by atoms with Crippen LogP contribution in [0.2, 0.25) is 0 Å². The van der Waals surface area contributed by atoms with E-state index in [4.69, 9.17) is 0 Å². The number of nitrogens with one attached hydrogen (secondary N) is 2. The summed E-state index contributed by atoms with van der Waals surface area (Å²) in [5.74, 6) is 3.40. The van der Waals surface area contributed by atoms with Gasteiger partial charge in [-0.1, -0.05) is 13.8 Å². The van der Waals surface area contributed by atoms with Crippen LogP contribution in [0.4, 0.5) is 11.6 Å². The summed E-state index contributed by atoms with van der Waals surface area (Å²) in [5, 5.41) is 10.5. The third kappa shape index (κ3) is 3.40. The molecule has 7 nitrogen and oxygen atoms in total. The minimum Gasteiger partial charge on any atom is -0.373 e. The van der Waals surface area contributed by atoms with E-state index in [0.717, 1.165) is 23.3 Å². The van der Waals surface area contributed by atoms with Crippen LogP contribution in [0.15, 0.2) is 12.4 Å². The first kappa shape index (κ1) is 13.3. The lowest BCUT2D eigenvalue weighted by Gasteiger charge is -2.10. The fourth-order valence-electron chi connectivity index (χ4n) is 1.58. The van der Waals surface area contributed by atoms with Gasteiger partial charge in [-0.2, -0.15) is 5.10 Å². The van der Waals surface area contributed by atoms with Gasteiger partial charge >= 0.3 is 0 Å². The van der Waals surface area contributed by atoms with Crippen LogP contribution in [-0.2, 0) is 13.6 Å². The number of aromatic nitrogens is 5. The zero-order valence-electron chi connectivity index (χ0n) is 11.7. The highest BCUT2D eigenvalue weighted by Crippen LogP contribution is 2.16. The van der Waals surface area contributed by atoms with Gasteiger partial charge < -0.3 is 10.6 Å². The monoisotopic (exact) mass is 261 g/mol. The van der Waals surface area contributed by atoms with E-state index in [1.807, 2.05) is 20.2 Å². The summed E-state index contributed by atoms with van der Waals surface area (Å²) in [6.07, 6.45) is 1.68. The Labute approximate surface area is 112 Å². The van der Waals surface area contributed by atoms with Crippen molar-refractivity contribution < 1.29 is 0 Å². The molecule has 0 saturated carbocycles. The van der Waals surface area contributed by atoms with E-state index in [2.05, 4.69) is 44.5 Å². The number of anilines is 2. The molecule has 2 rings (SSSR count). The Balaban J connectivity index is 2.12. The van der Waals surface area contributed by atoms with Crippen molar-refractivity contribution in [3.8, 4) is 0 Å². The first-order valence-electron chi connectivity index (χ1n) is 6.23. The van der Waals surface area contributed by atoms with Crippen molar-refractivity contribution in [3.05, 3.63) is 24.0 Å². The number of hydrogen-bond donors (Lipinski definition) is 2. The van der Waals surface area contributed by atoms with Crippen molar-refractivity contribution >= 4 is 11.6 Å². The van der Waals surface area contributed by atoms with Crippen molar-refractivity contribution in [2.45, 2.75) is 26.3 Å². The second kappa shape index (κ2) is 5.64. The number of nitrogens with zero attached hydrogens (tertiary/aromatic N) is 5. The quantitative estimate of drug-likeness (QED) is 0.846. The molecule has 0 unspecified atom stereocenters. The molecule has 0 atom stereocenters. The van der Waals surface area contributed by atoms with Gasteiger partial charge in [0.15, 0.2) is 5.82 Å². The third-order valence-corrected chi connectivity index (χ3v) is 2.59. The lowest BCUT2D eigenvalue weighted by atomic mass is 10.2. The molecular formula is C12H19N7. The molecule has 2 aromatic rings. The Kier molecular flexibility index (Phi) is 3.94. The van der Waals surface area contributed by atoms with Crippen LogP contribution in [0.1, 0.15) is 31.4 Å². The van der Waals surface area contributed by atoms with Gasteiger partial charge in [-0.3, -0.25) is 4.68 Å². The Hall–Kier alpha value is -2.18. The van der Waals surface area contributed by atoms with Crippen LogP contribution in [0.25, 0.3) is 0 Å². The van der Waals surface area contributed by atoms with E-state index < -0.39 is 0 Å². The van der Waals surface area contributed by atoms with Crippen LogP contribution < -0.4 is 10.6 Å². The maximum atomic E-state index is 4.48. The van der Waals surface area contributed by atoms with E-state index in [9.17, 15) is 0 Å². The highest BCUT2D eigenvalue weighted by atomic mass is 15.3. The molecule has 0 aliphatic heterocycles. The predicted molar refractivity (Wildman–Crippen MR) is 74.0 cm³/mol. The van der Waals surface area contributed by atoms with Crippen molar-refractivity contribution in [2.24, 2.45) is 7.05 Å². The van der Waals surface area contributed by atoms with Gasteiger partial charge in [-0.25, -0.2) is 15.0 Å². The second-order valence-electron chi connectivity index (χ2n) is 4.59. The molecule has 0 amide bonds. The summed E-state index contributed by atoms with van der Waals surface area (Å²) < 4.78 is 1.68. The molecule has 0 spiro atoms. The van der Waals surface area contributed by atoms with Crippen molar-refractivity contribution in [1.29, 1.82) is 0 Å². The molecule has 19 heavy (non-hydrogen) atoms. The van der Waals surface area contributed by atoms with Crippen molar-refractivity contribution in [3.63, 3.8) is 0 Å². The molecule has 0 aliphatic rings. The molecule has 2 N–H and O–H groups in total. The summed E-state index contributed by atoms with van der Waals surface area (Å²) >= 11 is 0. The standard InChI is InChI=1S/C12H19N7/c1-8(2)12-16-9(13-3)5-10(17-12)14-6-11-15-7-19(4)18-11/h5,7-8H,6H2,1-4H3,(H2,13,14,16,17). The smallest absolute Gasteiger partial charge is 0.169 e. The number of rotatable bonds is 5. The van der Waals surface area contributed by atoms with Crippen LogP contribution in [0.3, 0.4) is 0 Å². The fourth-order valence-corrected chi connectivity index (χ4v) is 1.58. The Bertz CT molecular complexity index is 547. The summed E-state index contributed by atoms with van der Waals surface area (Å²) in [6.45, 7) is 4.68. The van der Waals surface area contributed by atoms with Gasteiger partial charge in [0.2, 0.25) is 0 Å². The number of aryl methyl sites for hydroxylation is 1. The van der Waals surface area contributed by atoms with Crippen LogP contribution >= 0.6 is 0 Å². The molecule has 0 bridgehead atoms. The molecule has 0 saturated heterocycles. The molecule has 7 heteroatoms. The minimum absolute atomic E-state index is 0.279. The van der Waals surface area contributed by atoms with E-state index >= 15 is 0 Å². The van der Waals surface area contributed by atoms with Gasteiger partial charge in [0.05, 0.1) is 6.54 Å². The summed E-state index contributed by atoms with van der Waals surface area (Å²) in [4.78, 5) is 13.1. The van der Waals surface area contributed by atoms with Gasteiger partial charge in [-0.15, -0.1) is 0 Å². The summed E-state index contributed by atoms with van der Waals surface area (Å²) in [6, 6.07) is 1.87. The maximum absolute atomic E-state index is 4.48. The van der Waals surface area contributed by atoms with Gasteiger partial charge in [-0.05, 0) is 0 Å². The zero-order valence-corrected chi connectivity index (χ0v) is 11.7. The summed E-state index contributed by atoms with van der Waals surface area (Å²) in [5.41, 5.74) is 0. The molecule has 0 radical (unpaired) electrons. The first-order chi connectivity index (χ1) is 9.08. The molecule has 2 heterocycles. The van der Waals surface area contributed by atoms with Gasteiger partial charge in [0.1, 0.15) is 23.8 Å². The Morgan fingerprint density at radius 2 is 2.00 bits per heavy atom. The first-order valence-corrected chi connectivity index (χ1v) is 6.23. The van der Waals surface area contributed by atoms with Crippen LogP contribution in [0.5, 0.6) is 0 Å². The highest BCUT2D eigenvalue weighted by Gasteiger charge is 2.08. The third-order valence-electron chi connectivity index (χ3n) is 2.59. The molecular weight excluding hydrogens is 242 g/mol. The second-order valence-corrected chi connectivity index (χ2v) is 4.59. The van der Waals surface area contributed by atoms with E-state index in [0.29, 0.717) is 6.54 Å². The average Bonchev–Trinajstić information content (AvgIpc) is 2.81. The number of hydrogen-bond acceptors (Lipinski definition) is 6. The molecule has 102 valence electrons. The molecule has 0 aliphatic carbocycles. The van der Waals surface area contributed by atoms with Gasteiger partial charge in [0.25, 0.3) is 0 Å². The molecule has 0 fully saturated rings. The normalized spacial score (nSPS) is 10.8. The predicted octanol–water partition coefficient (Wildman–Crippen LogP) is 1.38. The van der Waals surface area contributed by atoms with E-state index in [-0.39, 0.29) is 5.92 Å². The molecule has 2 aromatic heterocycles. The highest BCUT2D eigenvalue weighted by molar-refractivity contribution is 5.47. The van der Waals surface area contributed by atoms with Crippen LogP contribution in [-0.4, -0.2) is 31.8 Å². The zero-order chi connectivity index (χ0) is 13.8. The van der Waals surface area contributed by atoms with Crippen molar-refractivity contribution in [1.82, 2.24) is 24.7 Å². The summed E-state index contributed by atoms with van der Waals surface area (Å²) in [7, 11) is 3.69. The minimum atomic E-state index is 0.279. The molecule has 0 aromatic carbocycles.